The molecule has 3 heterocycles. The highest BCUT2D eigenvalue weighted by Gasteiger charge is 2.49. The summed E-state index contributed by atoms with van der Waals surface area (Å²) in [6, 6.07) is 14.8. The first-order chi connectivity index (χ1) is 21.5. The van der Waals surface area contributed by atoms with E-state index in [1.807, 2.05) is 6.07 Å². The number of amides is 4. The number of fused-ring (bicyclic) bond motifs is 1. The van der Waals surface area contributed by atoms with E-state index in [9.17, 15) is 36.7 Å². The number of ether oxygens (including phenoxy) is 1. The highest BCUT2D eigenvalue weighted by molar-refractivity contribution is 5.94. The molecule has 0 spiro atoms. The van der Waals surface area contributed by atoms with Crippen molar-refractivity contribution in [1.29, 1.82) is 0 Å². The molecule has 45 heavy (non-hydrogen) atoms. The van der Waals surface area contributed by atoms with Gasteiger partial charge in [-0.15, -0.1) is 0 Å². The Balaban J connectivity index is 1.36. The Bertz CT molecular complexity index is 1560. The van der Waals surface area contributed by atoms with Gasteiger partial charge in [-0.05, 0) is 41.5 Å². The first-order valence-electron chi connectivity index (χ1n) is 14.1. The molecule has 3 aromatic rings. The Morgan fingerprint density at radius 2 is 1.76 bits per heavy atom. The van der Waals surface area contributed by atoms with E-state index in [-0.39, 0.29) is 44.6 Å². The molecular weight excluding hydrogens is 598 g/mol. The second kappa shape index (κ2) is 13.3. The predicted molar refractivity (Wildman–Crippen MR) is 150 cm³/mol. The number of benzene rings is 2. The van der Waals surface area contributed by atoms with Crippen molar-refractivity contribution in [3.63, 3.8) is 0 Å². The lowest BCUT2D eigenvalue weighted by Gasteiger charge is -2.51. The molecule has 1 N–H and O–H groups in total. The van der Waals surface area contributed by atoms with Crippen molar-refractivity contribution < 1.29 is 41.5 Å². The molecule has 236 valence electrons. The highest BCUT2D eigenvalue weighted by atomic mass is 19.4. The van der Waals surface area contributed by atoms with Crippen LogP contribution in [0.1, 0.15) is 35.2 Å². The van der Waals surface area contributed by atoms with Gasteiger partial charge in [0.1, 0.15) is 24.6 Å². The lowest BCUT2D eigenvalue weighted by molar-refractivity contribution is -0.169. The Labute approximate surface area is 255 Å². The second-order valence-corrected chi connectivity index (χ2v) is 10.6. The van der Waals surface area contributed by atoms with Gasteiger partial charge in [0, 0.05) is 25.7 Å². The molecule has 2 aromatic carbocycles. The van der Waals surface area contributed by atoms with E-state index in [0.29, 0.717) is 17.8 Å². The van der Waals surface area contributed by atoms with Crippen LogP contribution in [0.3, 0.4) is 0 Å². The lowest BCUT2D eigenvalue weighted by atomic mass is 10.0. The number of hydrogen-bond acceptors (Lipinski definition) is 6. The van der Waals surface area contributed by atoms with Gasteiger partial charge < -0.3 is 19.9 Å². The fourth-order valence-corrected chi connectivity index (χ4v) is 5.41. The van der Waals surface area contributed by atoms with Crippen LogP contribution in [0.4, 0.5) is 22.4 Å². The smallest absolute Gasteiger partial charge is 0.416 e. The number of pyridine rings is 1. The number of aromatic nitrogens is 1. The molecule has 5 rings (SSSR count). The zero-order chi connectivity index (χ0) is 32.1. The lowest BCUT2D eigenvalue weighted by Crippen LogP contribution is -2.71. The van der Waals surface area contributed by atoms with Gasteiger partial charge >= 0.3 is 12.3 Å². The van der Waals surface area contributed by atoms with Gasteiger partial charge in [0.15, 0.2) is 0 Å². The molecule has 2 saturated heterocycles. The number of alkyl halides is 3. The summed E-state index contributed by atoms with van der Waals surface area (Å²) in [5.74, 6) is -2.58. The number of nitrogens with one attached hydrogen (secondary N) is 1. The maximum atomic E-state index is 13.9. The fourth-order valence-electron chi connectivity index (χ4n) is 5.41. The average Bonchev–Trinajstić information content (AvgIpc) is 3.01. The van der Waals surface area contributed by atoms with Crippen LogP contribution in [0.25, 0.3) is 0 Å². The minimum Gasteiger partial charge on any atom is -0.444 e. The first kappa shape index (κ1) is 31.4. The molecule has 0 saturated carbocycles. The zero-order valence-electron chi connectivity index (χ0n) is 23.9. The number of halogens is 4. The van der Waals surface area contributed by atoms with Crippen LogP contribution in [0, 0.1) is 5.82 Å². The summed E-state index contributed by atoms with van der Waals surface area (Å²) >= 11 is 0. The Hall–Kier alpha value is -5.01. The minimum atomic E-state index is -4.80. The fraction of sp³-hybridized carbons (Fsp3) is 0.323. The van der Waals surface area contributed by atoms with Gasteiger partial charge in [0.25, 0.3) is 0 Å². The van der Waals surface area contributed by atoms with Crippen molar-refractivity contribution >= 4 is 23.8 Å². The normalized spacial score (nSPS) is 18.4. The summed E-state index contributed by atoms with van der Waals surface area (Å²) in [4.78, 5) is 61.3. The maximum Gasteiger partial charge on any atom is 0.416 e. The number of nitrogens with zero attached hydrogens (tertiary/aromatic N) is 4. The number of rotatable bonds is 8. The average molecular weight is 628 g/mol. The van der Waals surface area contributed by atoms with Crippen molar-refractivity contribution in [2.75, 3.05) is 13.1 Å². The molecule has 0 unspecified atom stereocenters. The monoisotopic (exact) mass is 627 g/mol. The minimum absolute atomic E-state index is 0.0955. The molecule has 0 bridgehead atoms. The number of hydrogen-bond donors (Lipinski definition) is 1. The standard InChI is InChI=1S/C31H29F4N5O5/c32-23-13-21(12-22(14-23)31(33,34)35)19-45-30(44)39-11-9-28(42)40-25(15-26(41)37-16-24-8-4-5-10-36-24)29(43)38(18-27(39)40)17-20-6-2-1-3-7-20/h1-8,10,12-14,25,27H,9,11,15-19H2,(H,37,41)/t25-,27+/m0/s1. The van der Waals surface area contributed by atoms with Crippen LogP contribution in [-0.4, -0.2) is 68.8 Å². The van der Waals surface area contributed by atoms with Crippen molar-refractivity contribution in [1.82, 2.24) is 25.0 Å². The van der Waals surface area contributed by atoms with Gasteiger partial charge in [0.05, 0.1) is 30.8 Å². The molecule has 0 aliphatic carbocycles. The van der Waals surface area contributed by atoms with Crippen LogP contribution in [0.2, 0.25) is 0 Å². The van der Waals surface area contributed by atoms with Crippen LogP contribution in [-0.2, 0) is 45.0 Å². The molecule has 4 amide bonds. The Morgan fingerprint density at radius 1 is 1.00 bits per heavy atom. The van der Waals surface area contributed by atoms with Crippen LogP contribution < -0.4 is 5.32 Å². The Kier molecular flexibility index (Phi) is 9.30. The number of piperazine rings is 1. The van der Waals surface area contributed by atoms with E-state index in [2.05, 4.69) is 10.3 Å². The Morgan fingerprint density at radius 3 is 2.47 bits per heavy atom. The van der Waals surface area contributed by atoms with Gasteiger partial charge in [-0.1, -0.05) is 36.4 Å². The maximum absolute atomic E-state index is 13.9. The molecule has 0 radical (unpaired) electrons. The van der Waals surface area contributed by atoms with E-state index in [1.165, 1.54) is 14.7 Å². The molecule has 2 atom stereocenters. The van der Waals surface area contributed by atoms with Crippen molar-refractivity contribution in [2.45, 2.75) is 50.9 Å². The quantitative estimate of drug-likeness (QED) is 0.380. The van der Waals surface area contributed by atoms with E-state index in [0.717, 1.165) is 11.6 Å². The SMILES string of the molecule is O=C(C[C@H]1C(=O)N(Cc2ccccc2)C[C@@H]2N(C(=O)OCc3cc(F)cc(C(F)(F)F)c3)CCC(=O)N21)NCc1ccccn1. The van der Waals surface area contributed by atoms with Crippen molar-refractivity contribution in [3.05, 3.63) is 101 Å². The van der Waals surface area contributed by atoms with Crippen LogP contribution >= 0.6 is 0 Å². The third-order valence-corrected chi connectivity index (χ3v) is 7.52. The molecule has 10 nitrogen and oxygen atoms in total. The van der Waals surface area contributed by atoms with Crippen LogP contribution in [0.15, 0.2) is 72.9 Å². The summed E-state index contributed by atoms with van der Waals surface area (Å²) in [6.45, 7) is -0.625. The van der Waals surface area contributed by atoms with Gasteiger partial charge in [-0.25, -0.2) is 9.18 Å². The van der Waals surface area contributed by atoms with E-state index >= 15 is 0 Å². The summed E-state index contributed by atoms with van der Waals surface area (Å²) < 4.78 is 58.7. The van der Waals surface area contributed by atoms with E-state index < -0.39 is 60.2 Å². The number of carbonyl (C=O) groups excluding carboxylic acids is 4. The van der Waals surface area contributed by atoms with E-state index in [1.54, 1.807) is 48.7 Å². The predicted octanol–water partition coefficient (Wildman–Crippen LogP) is 3.85. The molecule has 1 aromatic heterocycles. The summed E-state index contributed by atoms with van der Waals surface area (Å²) in [6.07, 6.45) is -5.78. The summed E-state index contributed by atoms with van der Waals surface area (Å²) in [7, 11) is 0. The summed E-state index contributed by atoms with van der Waals surface area (Å²) in [5, 5.41) is 2.71. The third kappa shape index (κ3) is 7.56. The number of carbonyl (C=O) groups is 4. The molecule has 2 aliphatic heterocycles. The molecule has 14 heteroatoms. The largest absolute Gasteiger partial charge is 0.444 e. The van der Waals surface area contributed by atoms with Crippen LogP contribution in [0.5, 0.6) is 0 Å². The molecular formula is C31H29F4N5O5. The first-order valence-corrected chi connectivity index (χ1v) is 14.1. The summed E-state index contributed by atoms with van der Waals surface area (Å²) in [5.41, 5.74) is -0.0732. The molecule has 2 fully saturated rings. The third-order valence-electron chi connectivity index (χ3n) is 7.52. The molecule has 2 aliphatic rings. The van der Waals surface area contributed by atoms with E-state index in [4.69, 9.17) is 4.74 Å². The van der Waals surface area contributed by atoms with Gasteiger partial charge in [-0.2, -0.15) is 13.2 Å². The van der Waals surface area contributed by atoms with Crippen molar-refractivity contribution in [3.8, 4) is 0 Å². The zero-order valence-corrected chi connectivity index (χ0v) is 23.9. The second-order valence-electron chi connectivity index (χ2n) is 10.6. The van der Waals surface area contributed by atoms with Crippen molar-refractivity contribution in [2.24, 2.45) is 0 Å². The highest BCUT2D eigenvalue weighted by Crippen LogP contribution is 2.31. The van der Waals surface area contributed by atoms with Gasteiger partial charge in [-0.3, -0.25) is 24.3 Å². The van der Waals surface area contributed by atoms with Gasteiger partial charge in [0.2, 0.25) is 17.7 Å². The topological polar surface area (TPSA) is 112 Å².